The molecule has 1 aliphatic rings. The van der Waals surface area contributed by atoms with Crippen molar-refractivity contribution in [1.29, 1.82) is 0 Å². The molecule has 0 aliphatic carbocycles. The number of carbonyl (C=O) groups excluding carboxylic acids is 2. The van der Waals surface area contributed by atoms with Crippen molar-refractivity contribution in [3.8, 4) is 11.5 Å². The summed E-state index contributed by atoms with van der Waals surface area (Å²) in [4.78, 5) is 47.9. The zero-order valence-corrected chi connectivity index (χ0v) is 15.8. The highest BCUT2D eigenvalue weighted by atomic mass is 16.4. The van der Waals surface area contributed by atoms with Crippen LogP contribution in [0.2, 0.25) is 0 Å². The van der Waals surface area contributed by atoms with Gasteiger partial charge in [0, 0.05) is 13.1 Å². The lowest BCUT2D eigenvalue weighted by Gasteiger charge is -2.20. The summed E-state index contributed by atoms with van der Waals surface area (Å²) < 4.78 is 0. The highest BCUT2D eigenvalue weighted by molar-refractivity contribution is 6.13. The Kier molecular flexibility index (Phi) is 7.48. The number of nitrogens with zero attached hydrogens (tertiary/aromatic N) is 2. The minimum Gasteiger partial charge on any atom is -0.507 e. The van der Waals surface area contributed by atoms with Crippen LogP contribution in [0.5, 0.6) is 11.5 Å². The van der Waals surface area contributed by atoms with Gasteiger partial charge >= 0.3 is 11.9 Å². The first-order valence-electron chi connectivity index (χ1n) is 8.78. The van der Waals surface area contributed by atoms with Crippen molar-refractivity contribution in [3.05, 3.63) is 59.7 Å². The molecule has 10 heteroatoms. The molecule has 2 aromatic rings. The lowest BCUT2D eigenvalue weighted by Crippen LogP contribution is -2.40. The van der Waals surface area contributed by atoms with E-state index in [0.717, 1.165) is 13.1 Å². The highest BCUT2D eigenvalue weighted by Crippen LogP contribution is 2.22. The molecule has 1 aliphatic heterocycles. The number of aliphatic carboxylic acids is 2. The van der Waals surface area contributed by atoms with E-state index in [1.54, 1.807) is 0 Å². The van der Waals surface area contributed by atoms with Crippen molar-refractivity contribution in [2.45, 2.75) is 0 Å². The maximum atomic E-state index is 12.4. The van der Waals surface area contributed by atoms with Crippen molar-refractivity contribution < 1.29 is 39.6 Å². The molecule has 0 bridgehead atoms. The Balaban J connectivity index is 0.000000386. The Morgan fingerprint density at radius 3 is 1.50 bits per heavy atom. The van der Waals surface area contributed by atoms with Crippen molar-refractivity contribution in [2.24, 2.45) is 0 Å². The normalized spacial score (nSPS) is 12.3. The molecular formula is C20H20N2O8. The van der Waals surface area contributed by atoms with Gasteiger partial charge in [0.25, 0.3) is 11.8 Å². The minimum absolute atomic E-state index is 0.211. The largest absolute Gasteiger partial charge is 0.507 e. The van der Waals surface area contributed by atoms with Gasteiger partial charge in [-0.1, -0.05) is 24.3 Å². The molecule has 0 saturated carbocycles. The first-order valence-corrected chi connectivity index (χ1v) is 8.78. The van der Waals surface area contributed by atoms with E-state index in [9.17, 15) is 29.4 Å². The summed E-state index contributed by atoms with van der Waals surface area (Å²) in [6.07, 6.45) is 0. The molecule has 0 unspecified atom stereocenters. The number of carboxylic acids is 2. The smallest absolute Gasteiger partial charge is 0.323 e. The molecule has 30 heavy (non-hydrogen) atoms. The van der Waals surface area contributed by atoms with Gasteiger partial charge in [0.1, 0.15) is 18.0 Å². The van der Waals surface area contributed by atoms with E-state index in [0.29, 0.717) is 4.90 Å². The van der Waals surface area contributed by atoms with Crippen LogP contribution >= 0.6 is 0 Å². The molecule has 0 spiro atoms. The molecule has 0 aromatic heterocycles. The van der Waals surface area contributed by atoms with Crippen LogP contribution in [0.4, 0.5) is 0 Å². The quantitative estimate of drug-likeness (QED) is 0.396. The molecule has 0 radical (unpaired) electrons. The molecule has 1 saturated heterocycles. The van der Waals surface area contributed by atoms with Gasteiger partial charge in [-0.05, 0) is 24.3 Å². The van der Waals surface area contributed by atoms with Crippen molar-refractivity contribution in [2.75, 3.05) is 26.2 Å². The molecular weight excluding hydrogens is 396 g/mol. The van der Waals surface area contributed by atoms with E-state index in [1.807, 2.05) is 4.90 Å². The fourth-order valence-electron chi connectivity index (χ4n) is 2.39. The Morgan fingerprint density at radius 1 is 0.767 bits per heavy atom. The summed E-state index contributed by atoms with van der Waals surface area (Å²) in [6, 6.07) is 10.9. The second-order valence-electron chi connectivity index (χ2n) is 6.29. The van der Waals surface area contributed by atoms with Crippen LogP contribution in [0.15, 0.2) is 48.5 Å². The van der Waals surface area contributed by atoms with Gasteiger partial charge in [0.05, 0.1) is 17.7 Å². The Morgan fingerprint density at radius 2 is 1.20 bits per heavy atom. The summed E-state index contributed by atoms with van der Waals surface area (Å²) >= 11 is 0. The van der Waals surface area contributed by atoms with E-state index < -0.39 is 30.3 Å². The zero-order valence-electron chi connectivity index (χ0n) is 15.8. The van der Waals surface area contributed by atoms with Crippen molar-refractivity contribution in [3.63, 3.8) is 0 Å². The molecule has 10 nitrogen and oxygen atoms in total. The van der Waals surface area contributed by atoms with Gasteiger partial charge in [-0.3, -0.25) is 29.0 Å². The van der Waals surface area contributed by atoms with E-state index in [-0.39, 0.29) is 29.2 Å². The number of rotatable bonds is 6. The number of carbonyl (C=O) groups is 4. The molecule has 1 heterocycles. The van der Waals surface area contributed by atoms with Crippen molar-refractivity contribution in [1.82, 2.24) is 9.80 Å². The van der Waals surface area contributed by atoms with Gasteiger partial charge in [0.2, 0.25) is 0 Å². The second kappa shape index (κ2) is 10.0. The van der Waals surface area contributed by atoms with Crippen LogP contribution in [0, 0.1) is 0 Å². The van der Waals surface area contributed by atoms with Crippen LogP contribution in [-0.4, -0.2) is 80.2 Å². The number of para-hydroxylation sites is 2. The molecule has 2 aromatic carbocycles. The Hall–Kier alpha value is -3.92. The number of phenols is 2. The lowest BCUT2D eigenvalue weighted by molar-refractivity contribution is -0.138. The standard InChI is InChI=1S/C16H13NO6.C4H7NO2/c18-12-7-3-1-5-10(12)15(22)17(9-14(20)21)16(23)11-6-2-4-8-13(11)19;6-4(7)3-5-1-2-5/h1-8,18-19H,9H2,(H,20,21);1-3H2,(H,6,7). The SMILES string of the molecule is O=C(O)CN(C(=O)c1ccccc1O)C(=O)c1ccccc1O.O=C(O)CN1CC1. The third-order valence-electron chi connectivity index (χ3n) is 3.95. The topological polar surface area (TPSA) is 155 Å². The number of imide groups is 1. The number of carboxylic acid groups (broad SMARTS) is 2. The number of amides is 2. The maximum absolute atomic E-state index is 12.4. The van der Waals surface area contributed by atoms with Gasteiger partial charge in [-0.2, -0.15) is 0 Å². The predicted octanol–water partition coefficient (Wildman–Crippen LogP) is 0.852. The fraction of sp³-hybridized carbons (Fsp3) is 0.200. The molecule has 4 N–H and O–H groups in total. The number of benzene rings is 2. The third kappa shape index (κ3) is 6.31. The molecule has 3 rings (SSSR count). The highest BCUT2D eigenvalue weighted by Gasteiger charge is 2.29. The Labute approximate surface area is 171 Å². The van der Waals surface area contributed by atoms with Crippen LogP contribution in [0.1, 0.15) is 20.7 Å². The average Bonchev–Trinajstić information content (AvgIpc) is 3.49. The van der Waals surface area contributed by atoms with Gasteiger partial charge in [-0.25, -0.2) is 0 Å². The molecule has 1 fully saturated rings. The Bertz CT molecular complexity index is 898. The van der Waals surface area contributed by atoms with Gasteiger partial charge in [-0.15, -0.1) is 0 Å². The summed E-state index contributed by atoms with van der Waals surface area (Å²) in [5, 5.41) is 36.5. The summed E-state index contributed by atoms with van der Waals surface area (Å²) in [6.45, 7) is 1.25. The van der Waals surface area contributed by atoms with Crippen LogP contribution in [0.3, 0.4) is 0 Å². The van der Waals surface area contributed by atoms with E-state index in [1.165, 1.54) is 48.5 Å². The first-order chi connectivity index (χ1) is 14.2. The minimum atomic E-state index is -1.41. The molecule has 158 valence electrons. The number of aromatic hydroxyl groups is 2. The average molecular weight is 416 g/mol. The van der Waals surface area contributed by atoms with E-state index >= 15 is 0 Å². The number of phenolic OH excluding ortho intramolecular Hbond substituents is 2. The molecule has 2 amide bonds. The number of hydrogen-bond donors (Lipinski definition) is 4. The summed E-state index contributed by atoms with van der Waals surface area (Å²) in [5.41, 5.74) is -0.421. The third-order valence-corrected chi connectivity index (χ3v) is 3.95. The predicted molar refractivity (Wildman–Crippen MR) is 103 cm³/mol. The second-order valence-corrected chi connectivity index (χ2v) is 6.29. The maximum Gasteiger partial charge on any atom is 0.323 e. The monoisotopic (exact) mass is 416 g/mol. The first kappa shape index (κ1) is 22.4. The van der Waals surface area contributed by atoms with Crippen LogP contribution in [-0.2, 0) is 9.59 Å². The lowest BCUT2D eigenvalue weighted by atomic mass is 10.1. The van der Waals surface area contributed by atoms with Gasteiger partial charge in [0.15, 0.2) is 0 Å². The van der Waals surface area contributed by atoms with Crippen LogP contribution in [0.25, 0.3) is 0 Å². The van der Waals surface area contributed by atoms with E-state index in [4.69, 9.17) is 10.2 Å². The van der Waals surface area contributed by atoms with E-state index in [2.05, 4.69) is 0 Å². The van der Waals surface area contributed by atoms with Crippen molar-refractivity contribution >= 4 is 23.8 Å². The summed E-state index contributed by atoms with van der Waals surface area (Å²) in [5.74, 6) is -4.83. The number of hydrogen-bond acceptors (Lipinski definition) is 7. The zero-order chi connectivity index (χ0) is 22.3. The van der Waals surface area contributed by atoms with Crippen LogP contribution < -0.4 is 0 Å². The molecule has 0 atom stereocenters. The van der Waals surface area contributed by atoms with Gasteiger partial charge < -0.3 is 20.4 Å². The fourth-order valence-corrected chi connectivity index (χ4v) is 2.39. The summed E-state index contributed by atoms with van der Waals surface area (Å²) in [7, 11) is 0.